The number of hydrogen-bond acceptors (Lipinski definition) is 4. The normalized spacial score (nSPS) is 9.93. The predicted molar refractivity (Wildman–Crippen MR) is 54.7 cm³/mol. The van der Waals surface area contributed by atoms with E-state index in [0.717, 1.165) is 0 Å². The second kappa shape index (κ2) is 3.71. The van der Waals surface area contributed by atoms with Crippen molar-refractivity contribution < 1.29 is 4.85 Å². The fourth-order valence-electron chi connectivity index (χ4n) is 1.10. The standard InChI is InChI=1S/C7H3ClN3O3.H3N/c8-4-1-2-5-6(3-4)11(14)9-7(12)10(5)13;/h1-3H;1H3/q-1;/p+1. The lowest BCUT2D eigenvalue weighted by molar-refractivity contribution is -0.644. The zero-order chi connectivity index (χ0) is 10.3. The second-order valence-electron chi connectivity index (χ2n) is 2.58. The van der Waals surface area contributed by atoms with Gasteiger partial charge in [-0.1, -0.05) is 11.6 Å². The summed E-state index contributed by atoms with van der Waals surface area (Å²) in [5, 5.41) is 25.5. The molecule has 0 fully saturated rings. The molecule has 15 heavy (non-hydrogen) atoms. The van der Waals surface area contributed by atoms with Gasteiger partial charge in [-0.15, -0.1) is 0 Å². The van der Waals surface area contributed by atoms with Crippen LogP contribution < -0.4 is 16.7 Å². The van der Waals surface area contributed by atoms with Crippen LogP contribution in [0, 0.1) is 10.4 Å². The van der Waals surface area contributed by atoms with E-state index in [1.165, 1.54) is 18.2 Å². The zero-order valence-corrected chi connectivity index (χ0v) is 8.43. The SMILES string of the molecule is O=c1n[n+]([O-])c2cc(Cl)ccc2n1[O-].[NH4+]. The third-order valence-electron chi connectivity index (χ3n) is 1.71. The van der Waals surface area contributed by atoms with E-state index in [9.17, 15) is 15.2 Å². The lowest BCUT2D eigenvalue weighted by Crippen LogP contribution is -2.41. The van der Waals surface area contributed by atoms with Gasteiger partial charge >= 0.3 is 5.69 Å². The molecule has 1 aromatic carbocycles. The Balaban J connectivity index is 0.00000112. The van der Waals surface area contributed by atoms with Crippen LogP contribution in [0.25, 0.3) is 11.0 Å². The van der Waals surface area contributed by atoms with Crippen LogP contribution in [-0.4, -0.2) is 9.83 Å². The highest BCUT2D eigenvalue weighted by molar-refractivity contribution is 6.31. The van der Waals surface area contributed by atoms with Gasteiger partial charge in [-0.3, -0.25) is 0 Å². The number of halogens is 1. The zero-order valence-electron chi connectivity index (χ0n) is 7.68. The molecule has 2 aromatic rings. The first-order chi connectivity index (χ1) is 6.59. The largest absolute Gasteiger partial charge is 0.802 e. The molecule has 0 aliphatic rings. The van der Waals surface area contributed by atoms with Gasteiger partial charge in [-0.25, -0.2) is 4.79 Å². The van der Waals surface area contributed by atoms with E-state index in [2.05, 4.69) is 5.10 Å². The van der Waals surface area contributed by atoms with E-state index in [-0.39, 0.29) is 26.8 Å². The van der Waals surface area contributed by atoms with E-state index < -0.39 is 5.69 Å². The number of rotatable bonds is 0. The van der Waals surface area contributed by atoms with Gasteiger partial charge in [-0.05, 0) is 17.0 Å². The fraction of sp³-hybridized carbons (Fsp3) is 0. The monoisotopic (exact) mass is 230 g/mol. The Morgan fingerprint density at radius 2 is 2.13 bits per heavy atom. The number of aromatic nitrogens is 3. The molecule has 2 rings (SSSR count). The lowest BCUT2D eigenvalue weighted by atomic mass is 10.3. The van der Waals surface area contributed by atoms with Gasteiger partial charge in [0, 0.05) is 11.1 Å². The highest BCUT2D eigenvalue weighted by Gasteiger charge is 2.09. The smallest absolute Gasteiger partial charge is 0.405 e. The van der Waals surface area contributed by atoms with Crippen LogP contribution in [0.1, 0.15) is 0 Å². The van der Waals surface area contributed by atoms with Gasteiger partial charge in [-0.2, -0.15) is 0 Å². The van der Waals surface area contributed by atoms with Crippen molar-refractivity contribution in [3.05, 3.63) is 44.1 Å². The molecule has 0 bridgehead atoms. The lowest BCUT2D eigenvalue weighted by Gasteiger charge is -2.10. The molecular formula is C7H7ClN4O3. The Hall–Kier alpha value is -1.86. The van der Waals surface area contributed by atoms with Crippen molar-refractivity contribution in [1.82, 2.24) is 16.0 Å². The Bertz CT molecular complexity index is 568. The van der Waals surface area contributed by atoms with Gasteiger partial charge in [0.1, 0.15) is 5.52 Å². The summed E-state index contributed by atoms with van der Waals surface area (Å²) >= 11 is 5.61. The highest BCUT2D eigenvalue weighted by Crippen LogP contribution is 2.13. The van der Waals surface area contributed by atoms with E-state index in [1.54, 1.807) is 0 Å². The summed E-state index contributed by atoms with van der Waals surface area (Å²) in [4.78, 5) is 10.9. The number of hydrogen-bond donors (Lipinski definition) is 1. The molecule has 0 saturated carbocycles. The van der Waals surface area contributed by atoms with Crippen LogP contribution in [0.5, 0.6) is 0 Å². The fourth-order valence-corrected chi connectivity index (χ4v) is 1.26. The maximum absolute atomic E-state index is 11.1. The minimum atomic E-state index is -1.14. The molecule has 80 valence electrons. The second-order valence-corrected chi connectivity index (χ2v) is 3.02. The number of nitrogens with zero attached hydrogens (tertiary/aromatic N) is 3. The van der Waals surface area contributed by atoms with Crippen molar-refractivity contribution in [1.29, 1.82) is 0 Å². The van der Waals surface area contributed by atoms with Crippen molar-refractivity contribution in [3.8, 4) is 0 Å². The molecule has 7 nitrogen and oxygen atoms in total. The van der Waals surface area contributed by atoms with Gasteiger partial charge in [0.05, 0.1) is 5.10 Å². The van der Waals surface area contributed by atoms with Gasteiger partial charge < -0.3 is 21.3 Å². The summed E-state index contributed by atoms with van der Waals surface area (Å²) < 4.78 is 0.0417. The predicted octanol–water partition coefficient (Wildman–Crippen LogP) is 0.405. The van der Waals surface area contributed by atoms with Crippen molar-refractivity contribution in [2.75, 3.05) is 0 Å². The summed E-state index contributed by atoms with van der Waals surface area (Å²) in [5.41, 5.74) is -1.23. The van der Waals surface area contributed by atoms with Gasteiger partial charge in [0.15, 0.2) is 0 Å². The Labute approximate surface area is 88.3 Å². The summed E-state index contributed by atoms with van der Waals surface area (Å²) in [6.45, 7) is 0. The first-order valence-corrected chi connectivity index (χ1v) is 3.97. The van der Waals surface area contributed by atoms with Crippen molar-refractivity contribution >= 4 is 22.6 Å². The summed E-state index contributed by atoms with van der Waals surface area (Å²) in [6, 6.07) is 3.98. The van der Waals surface area contributed by atoms with Crippen LogP contribution in [-0.2, 0) is 0 Å². The number of fused-ring (bicyclic) bond motifs is 1. The molecule has 0 unspecified atom stereocenters. The number of benzene rings is 1. The molecule has 0 aliphatic carbocycles. The maximum atomic E-state index is 11.1. The van der Waals surface area contributed by atoms with E-state index in [4.69, 9.17) is 11.6 Å². The molecule has 0 aliphatic heterocycles. The first-order valence-electron chi connectivity index (χ1n) is 3.59. The summed E-state index contributed by atoms with van der Waals surface area (Å²) in [5.74, 6) is 0. The van der Waals surface area contributed by atoms with E-state index in [1.807, 2.05) is 0 Å². The molecule has 0 spiro atoms. The molecule has 0 saturated heterocycles. The van der Waals surface area contributed by atoms with Gasteiger partial charge in [0.25, 0.3) is 5.52 Å². The van der Waals surface area contributed by atoms with Crippen LogP contribution in [0.4, 0.5) is 0 Å². The van der Waals surface area contributed by atoms with Crippen molar-refractivity contribution in [3.63, 3.8) is 0 Å². The highest BCUT2D eigenvalue weighted by atomic mass is 35.5. The third kappa shape index (κ3) is 1.69. The summed E-state index contributed by atoms with van der Waals surface area (Å²) in [7, 11) is 0. The average molecular weight is 231 g/mol. The van der Waals surface area contributed by atoms with Gasteiger partial charge in [0.2, 0.25) is 0 Å². The van der Waals surface area contributed by atoms with E-state index in [0.29, 0.717) is 5.02 Å². The number of quaternary nitrogens is 1. The van der Waals surface area contributed by atoms with E-state index >= 15 is 0 Å². The molecule has 0 amide bonds. The third-order valence-corrected chi connectivity index (χ3v) is 1.95. The topological polar surface area (TPSA) is 121 Å². The quantitative estimate of drug-likeness (QED) is 0.520. The molecule has 4 N–H and O–H groups in total. The Morgan fingerprint density at radius 3 is 2.80 bits per heavy atom. The maximum Gasteiger partial charge on any atom is 0.405 e. The molecule has 8 heteroatoms. The van der Waals surface area contributed by atoms with Crippen LogP contribution >= 0.6 is 11.6 Å². The minimum Gasteiger partial charge on any atom is -0.802 e. The first kappa shape index (κ1) is 11.2. The minimum absolute atomic E-state index is 0. The molecule has 1 aromatic heterocycles. The molecule has 1 heterocycles. The molecule has 0 atom stereocenters. The Kier molecular flexibility index (Phi) is 2.78. The van der Waals surface area contributed by atoms with Crippen LogP contribution in [0.15, 0.2) is 23.0 Å². The van der Waals surface area contributed by atoms with Crippen LogP contribution in [0.3, 0.4) is 0 Å². The Morgan fingerprint density at radius 1 is 1.47 bits per heavy atom. The van der Waals surface area contributed by atoms with Crippen molar-refractivity contribution in [2.24, 2.45) is 0 Å². The molecule has 0 radical (unpaired) electrons. The molecular weight excluding hydrogens is 224 g/mol. The summed E-state index contributed by atoms with van der Waals surface area (Å²) in [6.07, 6.45) is 0. The average Bonchev–Trinajstić information content (AvgIpc) is 2.14. The van der Waals surface area contributed by atoms with Crippen LogP contribution in [0.2, 0.25) is 5.02 Å². The van der Waals surface area contributed by atoms with Crippen molar-refractivity contribution in [2.45, 2.75) is 0 Å².